The largest absolute Gasteiger partial charge is 0.478 e. The van der Waals surface area contributed by atoms with Gasteiger partial charge >= 0.3 is 0 Å². The molecule has 37 heavy (non-hydrogen) atoms. The molecule has 1 saturated carbocycles. The van der Waals surface area contributed by atoms with Gasteiger partial charge in [0.25, 0.3) is 11.8 Å². The lowest BCUT2D eigenvalue weighted by Gasteiger charge is -2.36. The van der Waals surface area contributed by atoms with Crippen molar-refractivity contribution in [2.75, 3.05) is 36.4 Å². The average Bonchev–Trinajstić information content (AvgIpc) is 3.74. The second-order valence-electron chi connectivity index (χ2n) is 10.2. The fourth-order valence-corrected chi connectivity index (χ4v) is 5.04. The number of hydrogen-bond acceptors (Lipinski definition) is 5. The van der Waals surface area contributed by atoms with Crippen LogP contribution in [0.3, 0.4) is 0 Å². The molecule has 7 nitrogen and oxygen atoms in total. The maximum Gasteiger partial charge on any atom is 0.265 e. The third-order valence-corrected chi connectivity index (χ3v) is 7.34. The molecule has 2 aliphatic heterocycles. The van der Waals surface area contributed by atoms with Crippen LogP contribution in [-0.2, 0) is 11.3 Å². The minimum absolute atomic E-state index is 0.0230. The monoisotopic (exact) mass is 496 g/mol. The van der Waals surface area contributed by atoms with Crippen molar-refractivity contribution in [1.29, 1.82) is 0 Å². The van der Waals surface area contributed by atoms with E-state index in [0.717, 1.165) is 84.9 Å². The first-order valence-electron chi connectivity index (χ1n) is 13.1. The summed E-state index contributed by atoms with van der Waals surface area (Å²) < 4.78 is 6.03. The number of fused-ring (bicyclic) bond motifs is 1. The number of nitrogens with zero attached hydrogens (tertiary/aromatic N) is 2. The summed E-state index contributed by atoms with van der Waals surface area (Å²) in [5.74, 6) is 0.643. The molecule has 6 rings (SSSR count). The van der Waals surface area contributed by atoms with Crippen molar-refractivity contribution in [3.63, 3.8) is 0 Å². The van der Waals surface area contributed by atoms with Crippen LogP contribution in [0.1, 0.15) is 35.7 Å². The van der Waals surface area contributed by atoms with Gasteiger partial charge in [0.15, 0.2) is 11.9 Å². The van der Waals surface area contributed by atoms with Crippen LogP contribution >= 0.6 is 0 Å². The van der Waals surface area contributed by atoms with E-state index in [1.165, 1.54) is 0 Å². The van der Waals surface area contributed by atoms with Crippen LogP contribution in [0.15, 0.2) is 66.7 Å². The summed E-state index contributed by atoms with van der Waals surface area (Å²) in [4.78, 5) is 29.4. The van der Waals surface area contributed by atoms with Crippen LogP contribution in [-0.4, -0.2) is 55.0 Å². The highest BCUT2D eigenvalue weighted by molar-refractivity contribution is 5.99. The molecule has 0 spiro atoms. The van der Waals surface area contributed by atoms with Gasteiger partial charge in [-0.3, -0.25) is 14.5 Å². The molecular formula is C30H32N4O3. The topological polar surface area (TPSA) is 73.9 Å². The zero-order valence-electron chi connectivity index (χ0n) is 21.1. The highest BCUT2D eigenvalue weighted by Gasteiger charge is 2.28. The Kier molecular flexibility index (Phi) is 6.30. The van der Waals surface area contributed by atoms with Gasteiger partial charge in [-0.05, 0) is 67.3 Å². The third kappa shape index (κ3) is 5.18. The van der Waals surface area contributed by atoms with E-state index in [2.05, 4.69) is 50.8 Å². The van der Waals surface area contributed by atoms with Gasteiger partial charge in [-0.15, -0.1) is 0 Å². The molecule has 2 heterocycles. The molecule has 0 bridgehead atoms. The Bertz CT molecular complexity index is 1300. The molecule has 2 amide bonds. The summed E-state index contributed by atoms with van der Waals surface area (Å²) in [6, 6.07) is 22.7. The zero-order valence-corrected chi connectivity index (χ0v) is 21.1. The third-order valence-electron chi connectivity index (χ3n) is 7.34. The Labute approximate surface area is 217 Å². The Morgan fingerprint density at radius 3 is 2.43 bits per heavy atom. The van der Waals surface area contributed by atoms with E-state index < -0.39 is 6.10 Å². The van der Waals surface area contributed by atoms with Crippen molar-refractivity contribution >= 4 is 23.2 Å². The summed E-state index contributed by atoms with van der Waals surface area (Å²) in [5, 5.41) is 6.08. The van der Waals surface area contributed by atoms with Crippen LogP contribution < -0.4 is 20.3 Å². The second-order valence-corrected chi connectivity index (χ2v) is 10.2. The van der Waals surface area contributed by atoms with Crippen molar-refractivity contribution in [2.24, 2.45) is 0 Å². The van der Waals surface area contributed by atoms with Gasteiger partial charge in [-0.1, -0.05) is 30.3 Å². The molecule has 7 heteroatoms. The molecule has 3 aliphatic rings. The van der Waals surface area contributed by atoms with Crippen molar-refractivity contribution in [1.82, 2.24) is 10.2 Å². The minimum atomic E-state index is -0.518. The van der Waals surface area contributed by atoms with Crippen LogP contribution in [0.4, 0.5) is 11.4 Å². The van der Waals surface area contributed by atoms with Gasteiger partial charge in [0.1, 0.15) is 0 Å². The Hall–Kier alpha value is -3.84. The van der Waals surface area contributed by atoms with Crippen molar-refractivity contribution in [3.8, 4) is 16.9 Å². The van der Waals surface area contributed by atoms with E-state index >= 15 is 0 Å². The highest BCUT2D eigenvalue weighted by atomic mass is 16.5. The maximum atomic E-state index is 12.3. The lowest BCUT2D eigenvalue weighted by Crippen LogP contribution is -2.46. The number of hydrogen-bond donors (Lipinski definition) is 2. The predicted molar refractivity (Wildman–Crippen MR) is 145 cm³/mol. The van der Waals surface area contributed by atoms with Crippen LogP contribution in [0, 0.1) is 0 Å². The fraction of sp³-hybridized carbons (Fsp3) is 0.333. The normalized spacial score (nSPS) is 19.5. The molecule has 1 saturated heterocycles. The van der Waals surface area contributed by atoms with Gasteiger partial charge in [0, 0.05) is 55.6 Å². The summed E-state index contributed by atoms with van der Waals surface area (Å²) in [5.41, 5.74) is 5.84. The standard InChI is InChI=1S/C30H32N4O3/c1-20-29(35)32-27-18-21(17-26(28(27)37-20)22-5-3-2-4-6-22)19-33-13-15-34(16-14-33)25-11-7-23(8-12-25)30(36)31-24-9-10-24/h2-8,11-12,17-18,20,24H,9-10,13-16,19H2,1H3,(H,31,36)(H,32,35). The van der Waals surface area contributed by atoms with E-state index in [4.69, 9.17) is 4.74 Å². The quantitative estimate of drug-likeness (QED) is 0.533. The van der Waals surface area contributed by atoms with E-state index in [1.54, 1.807) is 6.92 Å². The molecule has 3 aromatic carbocycles. The molecule has 2 fully saturated rings. The van der Waals surface area contributed by atoms with E-state index in [-0.39, 0.29) is 11.8 Å². The smallest absolute Gasteiger partial charge is 0.265 e. The van der Waals surface area contributed by atoms with Gasteiger partial charge < -0.3 is 20.3 Å². The number of carbonyl (C=O) groups excluding carboxylic acids is 2. The molecule has 190 valence electrons. The minimum Gasteiger partial charge on any atom is -0.478 e. The summed E-state index contributed by atoms with van der Waals surface area (Å²) in [6.07, 6.45) is 1.67. The second kappa shape index (κ2) is 9.90. The van der Waals surface area contributed by atoms with Gasteiger partial charge in [0.2, 0.25) is 0 Å². The Morgan fingerprint density at radius 2 is 1.73 bits per heavy atom. The average molecular weight is 497 g/mol. The first-order chi connectivity index (χ1) is 18.0. The summed E-state index contributed by atoms with van der Waals surface area (Å²) in [6.45, 7) is 6.27. The highest BCUT2D eigenvalue weighted by Crippen LogP contribution is 2.41. The lowest BCUT2D eigenvalue weighted by atomic mass is 9.99. The lowest BCUT2D eigenvalue weighted by molar-refractivity contribution is -0.122. The summed E-state index contributed by atoms with van der Waals surface area (Å²) >= 11 is 0. The molecule has 1 aliphatic carbocycles. The van der Waals surface area contributed by atoms with E-state index in [0.29, 0.717) is 6.04 Å². The molecule has 1 atom stereocenters. The first kappa shape index (κ1) is 23.6. The molecule has 2 N–H and O–H groups in total. The number of rotatable bonds is 6. The number of amides is 2. The number of benzene rings is 3. The van der Waals surface area contributed by atoms with Gasteiger partial charge in [0.05, 0.1) is 5.69 Å². The zero-order chi connectivity index (χ0) is 25.4. The number of carbonyl (C=O) groups is 2. The van der Waals surface area contributed by atoms with Crippen molar-refractivity contribution in [3.05, 3.63) is 77.9 Å². The Morgan fingerprint density at radius 1 is 1.00 bits per heavy atom. The van der Waals surface area contributed by atoms with Crippen LogP contribution in [0.5, 0.6) is 5.75 Å². The Balaban J connectivity index is 1.13. The molecule has 3 aromatic rings. The van der Waals surface area contributed by atoms with E-state index in [1.807, 2.05) is 36.4 Å². The molecule has 0 radical (unpaired) electrons. The number of ether oxygens (including phenoxy) is 1. The number of nitrogens with one attached hydrogen (secondary N) is 2. The van der Waals surface area contributed by atoms with Gasteiger partial charge in [-0.25, -0.2) is 0 Å². The fourth-order valence-electron chi connectivity index (χ4n) is 5.04. The molecule has 1 unspecified atom stereocenters. The van der Waals surface area contributed by atoms with Crippen molar-refractivity contribution in [2.45, 2.75) is 38.5 Å². The van der Waals surface area contributed by atoms with Crippen LogP contribution in [0.25, 0.3) is 11.1 Å². The number of piperazine rings is 1. The SMILES string of the molecule is CC1Oc2c(cc(CN3CCN(c4ccc(C(=O)NC5CC5)cc4)CC3)cc2-c2ccccc2)NC1=O. The predicted octanol–water partition coefficient (Wildman–Crippen LogP) is 4.29. The first-order valence-corrected chi connectivity index (χ1v) is 13.1. The van der Waals surface area contributed by atoms with Crippen LogP contribution in [0.2, 0.25) is 0 Å². The molecular weight excluding hydrogens is 464 g/mol. The summed E-state index contributed by atoms with van der Waals surface area (Å²) in [7, 11) is 0. The van der Waals surface area contributed by atoms with E-state index in [9.17, 15) is 9.59 Å². The van der Waals surface area contributed by atoms with Gasteiger partial charge in [-0.2, -0.15) is 0 Å². The van der Waals surface area contributed by atoms with Crippen molar-refractivity contribution < 1.29 is 14.3 Å². The molecule has 0 aromatic heterocycles. The maximum absolute atomic E-state index is 12.3. The number of anilines is 2.